The van der Waals surface area contributed by atoms with Gasteiger partial charge in [-0.25, -0.2) is 8.42 Å². The Kier molecular flexibility index (Phi) is 3.76. The van der Waals surface area contributed by atoms with E-state index in [1.165, 1.54) is 10.9 Å². The second-order valence-corrected chi connectivity index (χ2v) is 6.36. The molecule has 0 radical (unpaired) electrons. The minimum Gasteiger partial charge on any atom is -0.384 e. The van der Waals surface area contributed by atoms with Crippen LogP contribution in [0.3, 0.4) is 0 Å². The largest absolute Gasteiger partial charge is 0.384 e. The molecule has 106 valence electrons. The Balaban J connectivity index is 2.24. The molecule has 2 rings (SSSR count). The predicted molar refractivity (Wildman–Crippen MR) is 70.6 cm³/mol. The van der Waals surface area contributed by atoms with Gasteiger partial charge in [-0.2, -0.15) is 5.10 Å². The number of aromatic nitrogens is 2. The minimum atomic E-state index is -3.53. The molecule has 0 spiro atoms. The van der Waals surface area contributed by atoms with E-state index in [9.17, 15) is 8.42 Å². The zero-order valence-corrected chi connectivity index (χ0v) is 11.4. The van der Waals surface area contributed by atoms with Gasteiger partial charge >= 0.3 is 0 Å². The van der Waals surface area contributed by atoms with Gasteiger partial charge in [-0.1, -0.05) is 0 Å². The molecule has 0 unspecified atom stereocenters. The standard InChI is InChI=1S/C10H17N5O3S/c1-15-10(8(6-13-15)9(11)12)14-19(16,17)7-2-4-18-5-3-7/h6-7,14H,2-5H2,1H3,(H3,11,12). The second-order valence-electron chi connectivity index (χ2n) is 4.40. The maximum Gasteiger partial charge on any atom is 0.236 e. The fourth-order valence-corrected chi connectivity index (χ4v) is 3.45. The number of amidine groups is 1. The average Bonchev–Trinajstić information content (AvgIpc) is 2.72. The van der Waals surface area contributed by atoms with E-state index in [4.69, 9.17) is 15.9 Å². The molecule has 0 aromatic carbocycles. The zero-order valence-electron chi connectivity index (χ0n) is 10.6. The van der Waals surface area contributed by atoms with Crippen molar-refractivity contribution in [3.05, 3.63) is 11.8 Å². The molecule has 0 atom stereocenters. The lowest BCUT2D eigenvalue weighted by molar-refractivity contribution is 0.0984. The Labute approximate surface area is 111 Å². The lowest BCUT2D eigenvalue weighted by Crippen LogP contribution is -2.34. The number of nitrogens with zero attached hydrogens (tertiary/aromatic N) is 2. The summed E-state index contributed by atoms with van der Waals surface area (Å²) in [5.41, 5.74) is 5.68. The van der Waals surface area contributed by atoms with Gasteiger partial charge in [0.2, 0.25) is 10.0 Å². The van der Waals surface area contributed by atoms with Crippen LogP contribution in [0.25, 0.3) is 0 Å². The summed E-state index contributed by atoms with van der Waals surface area (Å²) in [4.78, 5) is 0. The van der Waals surface area contributed by atoms with Crippen LogP contribution in [0.5, 0.6) is 0 Å². The van der Waals surface area contributed by atoms with Gasteiger partial charge in [-0.05, 0) is 12.8 Å². The van der Waals surface area contributed by atoms with Crippen LogP contribution in [-0.4, -0.2) is 42.5 Å². The SMILES string of the molecule is Cn1ncc(C(=N)N)c1NS(=O)(=O)C1CCOCC1. The Morgan fingerprint density at radius 3 is 2.79 bits per heavy atom. The summed E-state index contributed by atoms with van der Waals surface area (Å²) < 4.78 is 33.5. The number of aryl methyl sites for hydroxylation is 1. The number of anilines is 1. The van der Waals surface area contributed by atoms with E-state index < -0.39 is 15.3 Å². The Hall–Kier alpha value is -1.61. The van der Waals surface area contributed by atoms with E-state index in [1.54, 1.807) is 7.05 Å². The van der Waals surface area contributed by atoms with Crippen molar-refractivity contribution in [1.82, 2.24) is 9.78 Å². The summed E-state index contributed by atoms with van der Waals surface area (Å²) >= 11 is 0. The van der Waals surface area contributed by atoms with Crippen molar-refractivity contribution in [3.8, 4) is 0 Å². The first-order valence-corrected chi connectivity index (χ1v) is 7.42. The molecule has 1 aromatic rings. The first-order chi connectivity index (χ1) is 8.92. The number of hydrogen-bond donors (Lipinski definition) is 3. The molecule has 0 amide bonds. The van der Waals surface area contributed by atoms with Crippen molar-refractivity contribution in [2.45, 2.75) is 18.1 Å². The maximum atomic E-state index is 12.3. The summed E-state index contributed by atoms with van der Waals surface area (Å²) in [5, 5.41) is 10.8. The fraction of sp³-hybridized carbons (Fsp3) is 0.600. The van der Waals surface area contributed by atoms with Crippen LogP contribution >= 0.6 is 0 Å². The normalized spacial score (nSPS) is 17.3. The predicted octanol–water partition coefficient (Wildman–Crippen LogP) is -0.375. The highest BCUT2D eigenvalue weighted by Gasteiger charge is 2.29. The monoisotopic (exact) mass is 287 g/mol. The van der Waals surface area contributed by atoms with E-state index in [-0.39, 0.29) is 17.2 Å². The van der Waals surface area contributed by atoms with Crippen molar-refractivity contribution in [2.75, 3.05) is 17.9 Å². The van der Waals surface area contributed by atoms with E-state index in [0.29, 0.717) is 26.1 Å². The Bertz CT molecular complexity index is 574. The smallest absolute Gasteiger partial charge is 0.236 e. The lowest BCUT2D eigenvalue weighted by Gasteiger charge is -2.23. The first-order valence-electron chi connectivity index (χ1n) is 5.87. The molecular formula is C10H17N5O3S. The summed E-state index contributed by atoms with van der Waals surface area (Å²) in [6.07, 6.45) is 2.29. The van der Waals surface area contributed by atoms with Crippen LogP contribution in [0.15, 0.2) is 6.20 Å². The number of nitrogens with one attached hydrogen (secondary N) is 2. The van der Waals surface area contributed by atoms with E-state index in [0.717, 1.165) is 0 Å². The molecule has 0 bridgehead atoms. The summed E-state index contributed by atoms with van der Waals surface area (Å²) in [6.45, 7) is 0.882. The molecule has 1 saturated heterocycles. The Morgan fingerprint density at radius 1 is 1.58 bits per heavy atom. The molecule has 1 aromatic heterocycles. The Morgan fingerprint density at radius 2 is 2.21 bits per heavy atom. The average molecular weight is 287 g/mol. The van der Waals surface area contributed by atoms with Crippen LogP contribution in [-0.2, 0) is 21.8 Å². The van der Waals surface area contributed by atoms with Gasteiger partial charge < -0.3 is 10.5 Å². The summed E-state index contributed by atoms with van der Waals surface area (Å²) in [5.74, 6) is -0.00299. The zero-order chi connectivity index (χ0) is 14.0. The van der Waals surface area contributed by atoms with E-state index in [1.807, 2.05) is 0 Å². The highest BCUT2D eigenvalue weighted by Crippen LogP contribution is 2.21. The summed E-state index contributed by atoms with van der Waals surface area (Å²) in [6, 6.07) is 0. The van der Waals surface area contributed by atoms with Crippen molar-refractivity contribution in [1.29, 1.82) is 5.41 Å². The summed E-state index contributed by atoms with van der Waals surface area (Å²) in [7, 11) is -1.94. The van der Waals surface area contributed by atoms with Crippen molar-refractivity contribution >= 4 is 21.7 Å². The molecule has 8 nitrogen and oxygen atoms in total. The van der Waals surface area contributed by atoms with Gasteiger partial charge in [0.1, 0.15) is 11.7 Å². The van der Waals surface area contributed by atoms with Gasteiger partial charge in [0, 0.05) is 20.3 Å². The molecule has 1 fully saturated rings. The van der Waals surface area contributed by atoms with Crippen LogP contribution in [0.2, 0.25) is 0 Å². The number of hydrogen-bond acceptors (Lipinski definition) is 5. The van der Waals surface area contributed by atoms with Crippen LogP contribution < -0.4 is 10.5 Å². The molecule has 19 heavy (non-hydrogen) atoms. The van der Waals surface area contributed by atoms with Gasteiger partial charge in [-0.15, -0.1) is 0 Å². The van der Waals surface area contributed by atoms with Crippen LogP contribution in [0.4, 0.5) is 5.82 Å². The number of rotatable bonds is 4. The molecule has 2 heterocycles. The van der Waals surface area contributed by atoms with Crippen molar-refractivity contribution < 1.29 is 13.2 Å². The lowest BCUT2D eigenvalue weighted by atomic mass is 10.2. The number of nitrogens with two attached hydrogens (primary N) is 1. The third-order valence-electron chi connectivity index (χ3n) is 3.08. The van der Waals surface area contributed by atoms with Gasteiger partial charge in [0.15, 0.2) is 0 Å². The molecule has 9 heteroatoms. The number of sulfonamides is 1. The third-order valence-corrected chi connectivity index (χ3v) is 4.90. The number of ether oxygens (including phenoxy) is 1. The minimum absolute atomic E-state index is 0.221. The third kappa shape index (κ3) is 2.87. The van der Waals surface area contributed by atoms with Crippen LogP contribution in [0.1, 0.15) is 18.4 Å². The van der Waals surface area contributed by atoms with Crippen LogP contribution in [0, 0.1) is 5.41 Å². The van der Waals surface area contributed by atoms with Crippen molar-refractivity contribution in [2.24, 2.45) is 12.8 Å². The maximum absolute atomic E-state index is 12.3. The first kappa shape index (κ1) is 13.8. The van der Waals surface area contributed by atoms with Gasteiger partial charge in [0.05, 0.1) is 17.0 Å². The second kappa shape index (κ2) is 5.17. The van der Waals surface area contributed by atoms with Gasteiger partial charge in [0.25, 0.3) is 0 Å². The fourth-order valence-electron chi connectivity index (χ4n) is 1.96. The molecule has 0 aliphatic carbocycles. The molecule has 4 N–H and O–H groups in total. The van der Waals surface area contributed by atoms with E-state index >= 15 is 0 Å². The quantitative estimate of drug-likeness (QED) is 0.515. The van der Waals surface area contributed by atoms with E-state index in [2.05, 4.69) is 9.82 Å². The number of nitrogen functional groups attached to an aromatic ring is 1. The highest BCUT2D eigenvalue weighted by molar-refractivity contribution is 7.93. The molecular weight excluding hydrogens is 270 g/mol. The molecule has 1 aliphatic heterocycles. The highest BCUT2D eigenvalue weighted by atomic mass is 32.2. The van der Waals surface area contributed by atoms with Gasteiger partial charge in [-0.3, -0.25) is 14.8 Å². The topological polar surface area (TPSA) is 123 Å². The molecule has 0 saturated carbocycles. The molecule has 1 aliphatic rings. The van der Waals surface area contributed by atoms with Crippen molar-refractivity contribution in [3.63, 3.8) is 0 Å².